The lowest BCUT2D eigenvalue weighted by molar-refractivity contribution is 0.168. The molecule has 3 heteroatoms. The van der Waals surface area contributed by atoms with E-state index in [1.807, 2.05) is 0 Å². The third-order valence-electron chi connectivity index (χ3n) is 3.54. The number of hydrogen-bond acceptors (Lipinski definition) is 3. The lowest BCUT2D eigenvalue weighted by atomic mass is 9.88. The fourth-order valence-corrected chi connectivity index (χ4v) is 2.63. The molecule has 1 unspecified atom stereocenters. The first kappa shape index (κ1) is 12.4. The summed E-state index contributed by atoms with van der Waals surface area (Å²) in [4.78, 5) is 2.36. The van der Waals surface area contributed by atoms with Crippen LogP contribution in [-0.2, 0) is 5.54 Å². The van der Waals surface area contributed by atoms with Gasteiger partial charge in [-0.05, 0) is 27.0 Å². The van der Waals surface area contributed by atoms with Crippen molar-refractivity contribution in [3.05, 3.63) is 29.3 Å². The fraction of sp³-hybridized carbons (Fsp3) is 0.571. The Kier molecular flexibility index (Phi) is 3.40. The van der Waals surface area contributed by atoms with Crippen molar-refractivity contribution in [2.75, 3.05) is 33.8 Å². The zero-order chi connectivity index (χ0) is 12.5. The number of ether oxygens (including phenoxy) is 1. The molecule has 1 fully saturated rings. The van der Waals surface area contributed by atoms with E-state index in [9.17, 15) is 0 Å². The van der Waals surface area contributed by atoms with Gasteiger partial charge in [0.15, 0.2) is 0 Å². The van der Waals surface area contributed by atoms with E-state index in [0.717, 1.165) is 25.4 Å². The van der Waals surface area contributed by atoms with Crippen molar-refractivity contribution in [1.82, 2.24) is 10.2 Å². The summed E-state index contributed by atoms with van der Waals surface area (Å²) in [5.74, 6) is 0.973. The third kappa shape index (κ3) is 2.45. The van der Waals surface area contributed by atoms with Gasteiger partial charge in [-0.1, -0.05) is 17.7 Å². The summed E-state index contributed by atoms with van der Waals surface area (Å²) >= 11 is 0. The Labute approximate surface area is 104 Å². The molecule has 0 bridgehead atoms. The van der Waals surface area contributed by atoms with Gasteiger partial charge in [-0.25, -0.2) is 0 Å². The van der Waals surface area contributed by atoms with Crippen LogP contribution in [0.1, 0.15) is 18.1 Å². The molecule has 0 radical (unpaired) electrons. The second-order valence-corrected chi connectivity index (χ2v) is 5.20. The molecule has 1 aliphatic rings. The summed E-state index contributed by atoms with van der Waals surface area (Å²) in [7, 11) is 3.91. The number of hydrogen-bond donors (Lipinski definition) is 1. The smallest absolute Gasteiger partial charge is 0.123 e. The highest BCUT2D eigenvalue weighted by molar-refractivity contribution is 5.42. The molecule has 0 aromatic heterocycles. The van der Waals surface area contributed by atoms with Gasteiger partial charge in [-0.15, -0.1) is 0 Å². The number of benzene rings is 1. The molecule has 2 rings (SSSR count). The predicted octanol–water partition coefficient (Wildman–Crippen LogP) is 1.75. The molecular weight excluding hydrogens is 212 g/mol. The lowest BCUT2D eigenvalue weighted by Crippen LogP contribution is -2.55. The highest BCUT2D eigenvalue weighted by Crippen LogP contribution is 2.32. The summed E-state index contributed by atoms with van der Waals surface area (Å²) in [6.07, 6.45) is 0. The number of nitrogens with zero attached hydrogens (tertiary/aromatic N) is 1. The molecule has 0 amide bonds. The zero-order valence-electron chi connectivity index (χ0n) is 11.2. The highest BCUT2D eigenvalue weighted by Gasteiger charge is 2.33. The van der Waals surface area contributed by atoms with E-state index in [4.69, 9.17) is 4.74 Å². The zero-order valence-corrected chi connectivity index (χ0v) is 11.2. The summed E-state index contributed by atoms with van der Waals surface area (Å²) in [6, 6.07) is 6.38. The van der Waals surface area contributed by atoms with Crippen LogP contribution in [0.15, 0.2) is 18.2 Å². The molecule has 17 heavy (non-hydrogen) atoms. The SMILES string of the molecule is COc1ccc(C)cc1C1(C)CN(C)CCN1. The first-order valence-electron chi connectivity index (χ1n) is 6.14. The van der Waals surface area contributed by atoms with Crippen molar-refractivity contribution in [2.24, 2.45) is 0 Å². The molecule has 94 valence electrons. The molecule has 1 atom stereocenters. The number of aryl methyl sites for hydroxylation is 1. The van der Waals surface area contributed by atoms with E-state index >= 15 is 0 Å². The maximum atomic E-state index is 5.50. The van der Waals surface area contributed by atoms with Crippen LogP contribution in [0.5, 0.6) is 5.75 Å². The van der Waals surface area contributed by atoms with Gasteiger partial charge in [0, 0.05) is 25.2 Å². The largest absolute Gasteiger partial charge is 0.496 e. The van der Waals surface area contributed by atoms with Crippen molar-refractivity contribution in [3.63, 3.8) is 0 Å². The number of methoxy groups -OCH3 is 1. The number of rotatable bonds is 2. The molecule has 1 aliphatic heterocycles. The normalized spacial score (nSPS) is 25.9. The third-order valence-corrected chi connectivity index (χ3v) is 3.54. The van der Waals surface area contributed by atoms with Crippen LogP contribution in [0.3, 0.4) is 0 Å². The minimum atomic E-state index is -0.0234. The average Bonchev–Trinajstić information content (AvgIpc) is 2.28. The van der Waals surface area contributed by atoms with Crippen LogP contribution in [0.4, 0.5) is 0 Å². The van der Waals surface area contributed by atoms with Crippen molar-refractivity contribution >= 4 is 0 Å². The second-order valence-electron chi connectivity index (χ2n) is 5.20. The van der Waals surface area contributed by atoms with Crippen LogP contribution < -0.4 is 10.1 Å². The molecule has 3 nitrogen and oxygen atoms in total. The molecule has 0 spiro atoms. The Bertz CT molecular complexity index is 405. The number of piperazine rings is 1. The van der Waals surface area contributed by atoms with E-state index in [1.165, 1.54) is 11.1 Å². The van der Waals surface area contributed by atoms with Crippen LogP contribution >= 0.6 is 0 Å². The Morgan fingerprint density at radius 3 is 2.82 bits per heavy atom. The van der Waals surface area contributed by atoms with Crippen molar-refractivity contribution in [2.45, 2.75) is 19.4 Å². The van der Waals surface area contributed by atoms with Gasteiger partial charge < -0.3 is 15.0 Å². The average molecular weight is 234 g/mol. The summed E-state index contributed by atoms with van der Waals surface area (Å²) in [5.41, 5.74) is 2.51. The van der Waals surface area contributed by atoms with E-state index in [2.05, 4.69) is 49.3 Å². The summed E-state index contributed by atoms with van der Waals surface area (Å²) in [6.45, 7) is 7.50. The van der Waals surface area contributed by atoms with Crippen LogP contribution in [0, 0.1) is 6.92 Å². The lowest BCUT2D eigenvalue weighted by Gasteiger charge is -2.41. The monoisotopic (exact) mass is 234 g/mol. The van der Waals surface area contributed by atoms with E-state index in [-0.39, 0.29) is 5.54 Å². The number of likely N-dealkylation sites (N-methyl/N-ethyl adjacent to an activating group) is 1. The van der Waals surface area contributed by atoms with Gasteiger partial charge in [0.2, 0.25) is 0 Å². The quantitative estimate of drug-likeness (QED) is 0.844. The van der Waals surface area contributed by atoms with Crippen LogP contribution in [0.2, 0.25) is 0 Å². The van der Waals surface area contributed by atoms with Gasteiger partial charge >= 0.3 is 0 Å². The van der Waals surface area contributed by atoms with Gasteiger partial charge in [0.05, 0.1) is 12.6 Å². The van der Waals surface area contributed by atoms with E-state index in [1.54, 1.807) is 7.11 Å². The molecule has 1 N–H and O–H groups in total. The van der Waals surface area contributed by atoms with Crippen molar-refractivity contribution < 1.29 is 4.74 Å². The van der Waals surface area contributed by atoms with Crippen molar-refractivity contribution in [1.29, 1.82) is 0 Å². The first-order valence-corrected chi connectivity index (χ1v) is 6.14. The molecular formula is C14H22N2O. The van der Waals surface area contributed by atoms with Crippen LogP contribution in [-0.4, -0.2) is 38.7 Å². The van der Waals surface area contributed by atoms with Crippen molar-refractivity contribution in [3.8, 4) is 5.75 Å². The van der Waals surface area contributed by atoms with Gasteiger partial charge in [0.25, 0.3) is 0 Å². The van der Waals surface area contributed by atoms with Gasteiger partial charge in [0.1, 0.15) is 5.75 Å². The number of nitrogens with one attached hydrogen (secondary N) is 1. The topological polar surface area (TPSA) is 24.5 Å². The van der Waals surface area contributed by atoms with Crippen LogP contribution in [0.25, 0.3) is 0 Å². The fourth-order valence-electron chi connectivity index (χ4n) is 2.63. The molecule has 1 aromatic rings. The maximum Gasteiger partial charge on any atom is 0.123 e. The molecule has 0 aliphatic carbocycles. The molecule has 1 aromatic carbocycles. The second kappa shape index (κ2) is 4.67. The minimum absolute atomic E-state index is 0.0234. The van der Waals surface area contributed by atoms with E-state index in [0.29, 0.717) is 0 Å². The minimum Gasteiger partial charge on any atom is -0.496 e. The van der Waals surface area contributed by atoms with Gasteiger partial charge in [-0.3, -0.25) is 0 Å². The maximum absolute atomic E-state index is 5.50. The first-order chi connectivity index (χ1) is 8.05. The predicted molar refractivity (Wildman–Crippen MR) is 70.6 cm³/mol. The van der Waals surface area contributed by atoms with Gasteiger partial charge in [-0.2, -0.15) is 0 Å². The summed E-state index contributed by atoms with van der Waals surface area (Å²) < 4.78 is 5.50. The molecule has 1 heterocycles. The Morgan fingerprint density at radius 2 is 2.18 bits per heavy atom. The highest BCUT2D eigenvalue weighted by atomic mass is 16.5. The Morgan fingerprint density at radius 1 is 1.41 bits per heavy atom. The Hall–Kier alpha value is -1.06. The molecule has 1 saturated heterocycles. The Balaban J connectivity index is 2.40. The summed E-state index contributed by atoms with van der Waals surface area (Å²) in [5, 5.41) is 3.62. The molecule has 0 saturated carbocycles. The van der Waals surface area contributed by atoms with E-state index < -0.39 is 0 Å². The standard InChI is InChI=1S/C14H22N2O/c1-11-5-6-13(17-4)12(9-11)14(2)10-16(3)8-7-15-14/h5-6,9,15H,7-8,10H2,1-4H3.